The molecule has 1 aliphatic heterocycles. The molecule has 0 saturated heterocycles. The summed E-state index contributed by atoms with van der Waals surface area (Å²) in [5.41, 5.74) is 1.47. The molecule has 1 aliphatic rings. The summed E-state index contributed by atoms with van der Waals surface area (Å²) in [4.78, 5) is 27.0. The molecule has 0 bridgehead atoms. The van der Waals surface area contributed by atoms with Crippen molar-refractivity contribution in [3.05, 3.63) is 68.9 Å². The van der Waals surface area contributed by atoms with Crippen LogP contribution in [0.25, 0.3) is 6.08 Å². The summed E-state index contributed by atoms with van der Waals surface area (Å²) in [5.74, 6) is 0.483. The lowest BCUT2D eigenvalue weighted by atomic mass is 10.1. The van der Waals surface area contributed by atoms with Gasteiger partial charge in [0.1, 0.15) is 11.5 Å². The lowest BCUT2D eigenvalue weighted by Gasteiger charge is -2.07. The average Bonchev–Trinajstić information content (AvgIpc) is 3.02. The molecule has 8 nitrogen and oxygen atoms in total. The highest BCUT2D eigenvalue weighted by Gasteiger charge is 2.26. The largest absolute Gasteiger partial charge is 0.497 e. The first kappa shape index (κ1) is 18.1. The second-order valence-corrected chi connectivity index (χ2v) is 5.70. The zero-order valence-corrected chi connectivity index (χ0v) is 14.9. The lowest BCUT2D eigenvalue weighted by Crippen LogP contribution is -2.06. The number of nitro benzene ring substituents is 1. The maximum atomic E-state index is 12.2. The van der Waals surface area contributed by atoms with Crippen molar-refractivity contribution in [3.8, 4) is 11.5 Å². The quantitative estimate of drug-likeness (QED) is 0.347. The van der Waals surface area contributed by atoms with Crippen LogP contribution in [0.4, 0.5) is 5.69 Å². The van der Waals surface area contributed by atoms with E-state index >= 15 is 0 Å². The number of nitro groups is 1. The number of rotatable bonds is 5. The molecular formula is C19H16N2O6. The normalized spacial score (nSPS) is 14.7. The molecule has 0 atom stereocenters. The van der Waals surface area contributed by atoms with Crippen LogP contribution in [-0.2, 0) is 9.53 Å². The highest BCUT2D eigenvalue weighted by molar-refractivity contribution is 6.13. The number of aryl methyl sites for hydroxylation is 1. The number of carbonyl (C=O) groups is 1. The van der Waals surface area contributed by atoms with Gasteiger partial charge in [0.2, 0.25) is 5.90 Å². The molecule has 3 rings (SSSR count). The minimum Gasteiger partial charge on any atom is -0.497 e. The number of methoxy groups -OCH3 is 2. The summed E-state index contributed by atoms with van der Waals surface area (Å²) < 4.78 is 15.6. The van der Waals surface area contributed by atoms with Gasteiger partial charge in [-0.05, 0) is 31.2 Å². The second-order valence-electron chi connectivity index (χ2n) is 5.70. The van der Waals surface area contributed by atoms with Crippen molar-refractivity contribution in [1.82, 2.24) is 0 Å². The Morgan fingerprint density at radius 2 is 1.93 bits per heavy atom. The Kier molecular flexibility index (Phi) is 4.89. The molecule has 0 saturated carbocycles. The molecule has 0 fully saturated rings. The van der Waals surface area contributed by atoms with Crippen molar-refractivity contribution in [2.45, 2.75) is 6.92 Å². The van der Waals surface area contributed by atoms with E-state index < -0.39 is 10.9 Å². The van der Waals surface area contributed by atoms with Crippen molar-refractivity contribution in [2.24, 2.45) is 4.99 Å². The van der Waals surface area contributed by atoms with Gasteiger partial charge in [0.25, 0.3) is 5.69 Å². The molecule has 2 aromatic rings. The van der Waals surface area contributed by atoms with Crippen LogP contribution in [0.1, 0.15) is 16.7 Å². The van der Waals surface area contributed by atoms with Crippen LogP contribution < -0.4 is 9.47 Å². The van der Waals surface area contributed by atoms with Gasteiger partial charge in [-0.25, -0.2) is 9.79 Å². The lowest BCUT2D eigenvalue weighted by molar-refractivity contribution is -0.385. The fourth-order valence-corrected chi connectivity index (χ4v) is 2.56. The van der Waals surface area contributed by atoms with Crippen LogP contribution in [0, 0.1) is 17.0 Å². The second kappa shape index (κ2) is 7.28. The van der Waals surface area contributed by atoms with Gasteiger partial charge in [-0.1, -0.05) is 6.07 Å². The number of benzene rings is 2. The Labute approximate surface area is 154 Å². The topological polar surface area (TPSA) is 100 Å². The number of aliphatic imine (C=N–C) groups is 1. The zero-order valence-electron chi connectivity index (χ0n) is 14.9. The third kappa shape index (κ3) is 3.64. The van der Waals surface area contributed by atoms with Crippen LogP contribution in [0.3, 0.4) is 0 Å². The Morgan fingerprint density at radius 1 is 1.15 bits per heavy atom. The Morgan fingerprint density at radius 3 is 2.59 bits per heavy atom. The van der Waals surface area contributed by atoms with E-state index in [1.54, 1.807) is 44.4 Å². The van der Waals surface area contributed by atoms with E-state index in [0.717, 1.165) is 0 Å². The van der Waals surface area contributed by atoms with Crippen LogP contribution in [0.15, 0.2) is 47.1 Å². The van der Waals surface area contributed by atoms with Crippen LogP contribution >= 0.6 is 0 Å². The van der Waals surface area contributed by atoms with Crippen molar-refractivity contribution >= 4 is 23.6 Å². The van der Waals surface area contributed by atoms with Crippen LogP contribution in [0.2, 0.25) is 0 Å². The highest BCUT2D eigenvalue weighted by Crippen LogP contribution is 2.29. The van der Waals surface area contributed by atoms with E-state index in [2.05, 4.69) is 4.99 Å². The van der Waals surface area contributed by atoms with E-state index in [0.29, 0.717) is 28.2 Å². The third-order valence-corrected chi connectivity index (χ3v) is 4.01. The fourth-order valence-electron chi connectivity index (χ4n) is 2.56. The van der Waals surface area contributed by atoms with Gasteiger partial charge < -0.3 is 14.2 Å². The summed E-state index contributed by atoms with van der Waals surface area (Å²) >= 11 is 0. The summed E-state index contributed by atoms with van der Waals surface area (Å²) in [7, 11) is 3.04. The van der Waals surface area contributed by atoms with Gasteiger partial charge >= 0.3 is 5.97 Å². The molecule has 27 heavy (non-hydrogen) atoms. The maximum Gasteiger partial charge on any atom is 0.363 e. The Bertz CT molecular complexity index is 994. The van der Waals surface area contributed by atoms with Gasteiger partial charge in [0, 0.05) is 28.8 Å². The number of hydrogen-bond acceptors (Lipinski definition) is 7. The minimum atomic E-state index is -0.647. The first-order valence-corrected chi connectivity index (χ1v) is 7.93. The fraction of sp³-hybridized carbons (Fsp3) is 0.158. The highest BCUT2D eigenvalue weighted by atomic mass is 16.6. The molecule has 2 aromatic carbocycles. The number of cyclic esters (lactones) is 1. The van der Waals surface area contributed by atoms with E-state index in [4.69, 9.17) is 14.2 Å². The molecule has 8 heteroatoms. The predicted molar refractivity (Wildman–Crippen MR) is 98.0 cm³/mol. The molecule has 0 aliphatic carbocycles. The smallest absolute Gasteiger partial charge is 0.363 e. The van der Waals surface area contributed by atoms with Gasteiger partial charge in [-0.15, -0.1) is 0 Å². The van der Waals surface area contributed by atoms with E-state index in [1.807, 2.05) is 0 Å². The number of nitrogens with zero attached hydrogens (tertiary/aromatic N) is 2. The van der Waals surface area contributed by atoms with Crippen molar-refractivity contribution < 1.29 is 23.9 Å². The molecule has 0 radical (unpaired) electrons. The Balaban J connectivity index is 1.99. The number of esters is 1. The van der Waals surface area contributed by atoms with Gasteiger partial charge in [0.15, 0.2) is 5.70 Å². The monoisotopic (exact) mass is 368 g/mol. The van der Waals surface area contributed by atoms with E-state index in [-0.39, 0.29) is 17.3 Å². The number of carbonyl (C=O) groups excluding carboxylic acids is 1. The molecule has 0 aromatic heterocycles. The first-order chi connectivity index (χ1) is 12.9. The van der Waals surface area contributed by atoms with E-state index in [9.17, 15) is 14.9 Å². The molecule has 0 unspecified atom stereocenters. The van der Waals surface area contributed by atoms with Crippen molar-refractivity contribution in [2.75, 3.05) is 14.2 Å². The average molecular weight is 368 g/mol. The number of ether oxygens (including phenoxy) is 3. The van der Waals surface area contributed by atoms with Crippen molar-refractivity contribution in [3.63, 3.8) is 0 Å². The summed E-state index contributed by atoms with van der Waals surface area (Å²) in [6, 6.07) is 9.66. The molecule has 0 amide bonds. The molecule has 0 N–H and O–H groups in total. The molecular weight excluding hydrogens is 352 g/mol. The van der Waals surface area contributed by atoms with Gasteiger partial charge in [-0.3, -0.25) is 10.1 Å². The zero-order chi connectivity index (χ0) is 19.6. The first-order valence-electron chi connectivity index (χ1n) is 7.93. The standard InChI is InChI=1S/C19H16N2O6/c1-11-4-5-13(9-16(11)21(23)24)18-20-15(19(22)27-18)8-12-6-7-14(25-2)10-17(12)26-3/h4-10H,1-3H3/b15-8+. The van der Waals surface area contributed by atoms with Crippen LogP contribution in [0.5, 0.6) is 11.5 Å². The summed E-state index contributed by atoms with van der Waals surface area (Å²) in [5, 5.41) is 11.1. The predicted octanol–water partition coefficient (Wildman–Crippen LogP) is 3.26. The number of hydrogen-bond donors (Lipinski definition) is 0. The van der Waals surface area contributed by atoms with Crippen molar-refractivity contribution in [1.29, 1.82) is 0 Å². The molecule has 138 valence electrons. The molecule has 1 heterocycles. The summed E-state index contributed by atoms with van der Waals surface area (Å²) in [6.07, 6.45) is 1.52. The van der Waals surface area contributed by atoms with E-state index in [1.165, 1.54) is 19.3 Å². The van der Waals surface area contributed by atoms with Gasteiger partial charge in [0.05, 0.1) is 19.1 Å². The maximum absolute atomic E-state index is 12.2. The van der Waals surface area contributed by atoms with Crippen LogP contribution in [-0.4, -0.2) is 31.0 Å². The Hall–Kier alpha value is -3.68. The summed E-state index contributed by atoms with van der Waals surface area (Å²) in [6.45, 7) is 1.63. The minimum absolute atomic E-state index is 0.0156. The molecule has 0 spiro atoms. The third-order valence-electron chi connectivity index (χ3n) is 4.01. The van der Waals surface area contributed by atoms with Gasteiger partial charge in [-0.2, -0.15) is 0 Å². The SMILES string of the molecule is COc1ccc(/C=C2/N=C(c3ccc(C)c([N+](=O)[O-])c3)OC2=O)c(OC)c1.